The fourth-order valence-electron chi connectivity index (χ4n) is 2.44. The van der Waals surface area contributed by atoms with Gasteiger partial charge in [-0.3, -0.25) is 0 Å². The molecule has 0 radical (unpaired) electrons. The Morgan fingerprint density at radius 3 is 3.00 bits per heavy atom. The van der Waals surface area contributed by atoms with Gasteiger partial charge in [0, 0.05) is 11.6 Å². The number of hydrogen-bond acceptors (Lipinski definition) is 1. The lowest BCUT2D eigenvalue weighted by molar-refractivity contribution is 0.399. The first-order valence-corrected chi connectivity index (χ1v) is 6.89. The van der Waals surface area contributed by atoms with Crippen molar-refractivity contribution in [1.29, 1.82) is 0 Å². The van der Waals surface area contributed by atoms with Gasteiger partial charge in [-0.1, -0.05) is 35.7 Å². The lowest BCUT2D eigenvalue weighted by Crippen LogP contribution is -2.33. The molecule has 1 unspecified atom stereocenters. The molecule has 1 heterocycles. The predicted molar refractivity (Wildman–Crippen MR) is 75.3 cm³/mol. The number of nitrogens with one attached hydrogen (secondary N) is 1. The highest BCUT2D eigenvalue weighted by molar-refractivity contribution is 6.32. The molecular weight excluding hydrogens is 249 g/mol. The second-order valence-electron chi connectivity index (χ2n) is 4.98. The minimum atomic E-state index is -0.251. The Morgan fingerprint density at radius 2 is 2.33 bits per heavy atom. The van der Waals surface area contributed by atoms with Crippen molar-refractivity contribution in [3.05, 3.63) is 40.2 Å². The molecule has 1 atom stereocenters. The van der Waals surface area contributed by atoms with E-state index >= 15 is 0 Å². The molecule has 18 heavy (non-hydrogen) atoms. The Hall–Kier alpha value is -0.860. The van der Waals surface area contributed by atoms with Crippen LogP contribution >= 0.6 is 11.6 Å². The van der Waals surface area contributed by atoms with Gasteiger partial charge in [-0.05, 0) is 44.9 Å². The maximum Gasteiger partial charge on any atom is 0.131 e. The van der Waals surface area contributed by atoms with Gasteiger partial charge >= 0.3 is 0 Å². The van der Waals surface area contributed by atoms with Gasteiger partial charge in [0.05, 0.1) is 5.02 Å². The lowest BCUT2D eigenvalue weighted by atomic mass is 9.97. The molecule has 1 aliphatic heterocycles. The molecular formula is C15H19ClFN. The Balaban J connectivity index is 2.07. The highest BCUT2D eigenvalue weighted by Crippen LogP contribution is 2.24. The van der Waals surface area contributed by atoms with Gasteiger partial charge in [-0.25, -0.2) is 4.39 Å². The SMILES string of the molecule is C/C(=C/c1c(F)cccc1Cl)CC1CCCCN1. The van der Waals surface area contributed by atoms with Crippen LogP contribution in [0.2, 0.25) is 5.02 Å². The molecule has 2 rings (SSSR count). The molecule has 1 aromatic rings. The highest BCUT2D eigenvalue weighted by atomic mass is 35.5. The third kappa shape index (κ3) is 3.56. The molecule has 0 spiro atoms. The molecule has 1 N–H and O–H groups in total. The van der Waals surface area contributed by atoms with Gasteiger partial charge in [-0.2, -0.15) is 0 Å². The van der Waals surface area contributed by atoms with Gasteiger partial charge in [0.2, 0.25) is 0 Å². The number of hydrogen-bond donors (Lipinski definition) is 1. The molecule has 3 heteroatoms. The normalized spacial score (nSPS) is 21.1. The van der Waals surface area contributed by atoms with E-state index in [4.69, 9.17) is 11.6 Å². The maximum atomic E-state index is 13.6. The summed E-state index contributed by atoms with van der Waals surface area (Å²) >= 11 is 6.02. The summed E-state index contributed by atoms with van der Waals surface area (Å²) in [7, 11) is 0. The quantitative estimate of drug-likeness (QED) is 0.855. The Labute approximate surface area is 113 Å². The van der Waals surface area contributed by atoms with Crippen LogP contribution in [0, 0.1) is 5.82 Å². The van der Waals surface area contributed by atoms with E-state index in [9.17, 15) is 4.39 Å². The summed E-state index contributed by atoms with van der Waals surface area (Å²) in [5, 5.41) is 3.98. The first-order valence-electron chi connectivity index (χ1n) is 6.51. The average Bonchev–Trinajstić information content (AvgIpc) is 2.35. The second kappa shape index (κ2) is 6.35. The van der Waals surface area contributed by atoms with Crippen molar-refractivity contribution in [2.45, 2.75) is 38.6 Å². The summed E-state index contributed by atoms with van der Waals surface area (Å²) in [5.41, 5.74) is 1.67. The number of halogens is 2. The number of benzene rings is 1. The molecule has 0 amide bonds. The fourth-order valence-corrected chi connectivity index (χ4v) is 2.66. The molecule has 1 saturated heterocycles. The van der Waals surface area contributed by atoms with Crippen LogP contribution < -0.4 is 5.32 Å². The van der Waals surface area contributed by atoms with Crippen LogP contribution in [0.3, 0.4) is 0 Å². The van der Waals surface area contributed by atoms with Crippen LogP contribution in [-0.4, -0.2) is 12.6 Å². The summed E-state index contributed by atoms with van der Waals surface area (Å²) in [6, 6.07) is 5.33. The average molecular weight is 268 g/mol. The first-order chi connectivity index (χ1) is 8.66. The molecule has 1 fully saturated rings. The summed E-state index contributed by atoms with van der Waals surface area (Å²) in [6.07, 6.45) is 6.58. The summed E-state index contributed by atoms with van der Waals surface area (Å²) in [6.45, 7) is 3.14. The van der Waals surface area contributed by atoms with Crippen molar-refractivity contribution in [2.24, 2.45) is 0 Å². The monoisotopic (exact) mass is 267 g/mol. The molecule has 1 aromatic carbocycles. The van der Waals surface area contributed by atoms with Crippen molar-refractivity contribution in [2.75, 3.05) is 6.54 Å². The zero-order chi connectivity index (χ0) is 13.0. The van der Waals surface area contributed by atoms with Gasteiger partial charge in [0.25, 0.3) is 0 Å². The third-order valence-electron chi connectivity index (χ3n) is 3.37. The standard InChI is InChI=1S/C15H19ClFN/c1-11(9-12-5-2-3-8-18-12)10-13-14(16)6-4-7-15(13)17/h4,6-7,10,12,18H,2-3,5,8-9H2,1H3/b11-10-. The van der Waals surface area contributed by atoms with Crippen LogP contribution in [-0.2, 0) is 0 Å². The third-order valence-corrected chi connectivity index (χ3v) is 3.70. The Morgan fingerprint density at radius 1 is 1.50 bits per heavy atom. The van der Waals surface area contributed by atoms with Gasteiger partial charge < -0.3 is 5.32 Å². The van der Waals surface area contributed by atoms with Gasteiger partial charge in [-0.15, -0.1) is 0 Å². The van der Waals surface area contributed by atoms with Gasteiger partial charge in [0.15, 0.2) is 0 Å². The molecule has 0 aliphatic carbocycles. The van der Waals surface area contributed by atoms with Crippen LogP contribution in [0.15, 0.2) is 23.8 Å². The van der Waals surface area contributed by atoms with Crippen molar-refractivity contribution in [3.8, 4) is 0 Å². The van der Waals surface area contributed by atoms with Crippen LogP contribution in [0.4, 0.5) is 4.39 Å². The van der Waals surface area contributed by atoms with Crippen molar-refractivity contribution in [3.63, 3.8) is 0 Å². The van der Waals surface area contributed by atoms with Crippen LogP contribution in [0.5, 0.6) is 0 Å². The van der Waals surface area contributed by atoms with Gasteiger partial charge in [0.1, 0.15) is 5.82 Å². The van der Waals surface area contributed by atoms with E-state index in [1.807, 2.05) is 13.0 Å². The van der Waals surface area contributed by atoms with Crippen LogP contribution in [0.25, 0.3) is 6.08 Å². The predicted octanol–water partition coefficient (Wildman–Crippen LogP) is 4.41. The fraction of sp³-hybridized carbons (Fsp3) is 0.467. The van der Waals surface area contributed by atoms with Crippen molar-refractivity contribution < 1.29 is 4.39 Å². The van der Waals surface area contributed by atoms with E-state index < -0.39 is 0 Å². The highest BCUT2D eigenvalue weighted by Gasteiger charge is 2.13. The smallest absolute Gasteiger partial charge is 0.131 e. The first kappa shape index (κ1) is 13.6. The minimum Gasteiger partial charge on any atom is -0.314 e. The summed E-state index contributed by atoms with van der Waals surface area (Å²) in [4.78, 5) is 0. The van der Waals surface area contributed by atoms with Crippen molar-refractivity contribution >= 4 is 17.7 Å². The van der Waals surface area contributed by atoms with E-state index in [0.717, 1.165) is 13.0 Å². The van der Waals surface area contributed by atoms with Crippen LogP contribution in [0.1, 0.15) is 38.2 Å². The Kier molecular flexibility index (Phi) is 4.79. The van der Waals surface area contributed by atoms with E-state index in [1.54, 1.807) is 12.1 Å². The summed E-state index contributed by atoms with van der Waals surface area (Å²) < 4.78 is 13.6. The number of rotatable bonds is 3. The van der Waals surface area contributed by atoms with Crippen molar-refractivity contribution in [1.82, 2.24) is 5.32 Å². The number of piperidine rings is 1. The molecule has 1 nitrogen and oxygen atoms in total. The molecule has 0 aromatic heterocycles. The molecule has 98 valence electrons. The lowest BCUT2D eigenvalue weighted by Gasteiger charge is -2.23. The molecule has 1 aliphatic rings. The molecule has 0 saturated carbocycles. The largest absolute Gasteiger partial charge is 0.314 e. The second-order valence-corrected chi connectivity index (χ2v) is 5.38. The van der Waals surface area contributed by atoms with E-state index in [0.29, 0.717) is 16.6 Å². The van der Waals surface area contributed by atoms with E-state index in [2.05, 4.69) is 5.32 Å². The summed E-state index contributed by atoms with van der Waals surface area (Å²) in [5.74, 6) is -0.251. The van der Waals surface area contributed by atoms with E-state index in [-0.39, 0.29) is 5.82 Å². The molecule has 0 bridgehead atoms. The topological polar surface area (TPSA) is 12.0 Å². The minimum absolute atomic E-state index is 0.251. The Bertz CT molecular complexity index is 416. The zero-order valence-electron chi connectivity index (χ0n) is 10.7. The van der Waals surface area contributed by atoms with E-state index in [1.165, 1.54) is 30.9 Å². The maximum absolute atomic E-state index is 13.6. The zero-order valence-corrected chi connectivity index (χ0v) is 11.4.